The van der Waals surface area contributed by atoms with Gasteiger partial charge in [0.1, 0.15) is 0 Å². The number of rotatable bonds is 3. The Bertz CT molecular complexity index is 843. The molecule has 0 saturated carbocycles. The van der Waals surface area contributed by atoms with Crippen LogP contribution in [0.3, 0.4) is 0 Å². The Balaban J connectivity index is 1.78. The molecule has 0 unspecified atom stereocenters. The van der Waals surface area contributed by atoms with E-state index in [-0.39, 0.29) is 23.5 Å². The largest absolute Gasteiger partial charge is 0.348 e. The Labute approximate surface area is 136 Å². The Morgan fingerprint density at radius 1 is 1.09 bits per heavy atom. The molecule has 23 heavy (non-hydrogen) atoms. The van der Waals surface area contributed by atoms with Crippen molar-refractivity contribution >= 4 is 15.7 Å². The summed E-state index contributed by atoms with van der Waals surface area (Å²) in [6, 6.07) is 15.2. The molecule has 0 aliphatic carbocycles. The molecule has 2 aromatic carbocycles. The van der Waals surface area contributed by atoms with Crippen molar-refractivity contribution in [2.24, 2.45) is 0 Å². The molecule has 0 aromatic heterocycles. The number of hydrogen-bond acceptors (Lipinski definition) is 3. The average Bonchev–Trinajstić information content (AvgIpc) is 2.86. The molecule has 1 saturated heterocycles. The van der Waals surface area contributed by atoms with Crippen LogP contribution in [-0.2, 0) is 9.84 Å². The minimum Gasteiger partial charge on any atom is -0.348 e. The summed E-state index contributed by atoms with van der Waals surface area (Å²) in [5, 5.41) is 2.82. The molecule has 0 bridgehead atoms. The van der Waals surface area contributed by atoms with Crippen molar-refractivity contribution in [3.05, 3.63) is 59.7 Å². The van der Waals surface area contributed by atoms with Gasteiger partial charge < -0.3 is 5.32 Å². The van der Waals surface area contributed by atoms with E-state index in [0.717, 1.165) is 16.7 Å². The quantitative estimate of drug-likeness (QED) is 0.941. The highest BCUT2D eigenvalue weighted by Crippen LogP contribution is 2.22. The summed E-state index contributed by atoms with van der Waals surface area (Å²) in [6.07, 6.45) is 0.492. The van der Waals surface area contributed by atoms with Gasteiger partial charge >= 0.3 is 0 Å². The number of sulfone groups is 1. The van der Waals surface area contributed by atoms with E-state index >= 15 is 0 Å². The zero-order valence-corrected chi connectivity index (χ0v) is 13.8. The van der Waals surface area contributed by atoms with Crippen LogP contribution in [0.2, 0.25) is 0 Å². The van der Waals surface area contributed by atoms with Gasteiger partial charge in [0.05, 0.1) is 11.5 Å². The van der Waals surface area contributed by atoms with Crippen molar-refractivity contribution in [1.82, 2.24) is 5.32 Å². The molecule has 1 fully saturated rings. The van der Waals surface area contributed by atoms with E-state index in [1.807, 2.05) is 43.3 Å². The van der Waals surface area contributed by atoms with Gasteiger partial charge in [0.25, 0.3) is 5.91 Å². The second-order valence-electron chi connectivity index (χ2n) is 6.02. The molecular formula is C18H19NO3S. The van der Waals surface area contributed by atoms with Crippen LogP contribution in [0, 0.1) is 6.92 Å². The third-order valence-corrected chi connectivity index (χ3v) is 5.81. The number of carbonyl (C=O) groups excluding carboxylic acids is 1. The molecular weight excluding hydrogens is 310 g/mol. The molecule has 1 atom stereocenters. The lowest BCUT2D eigenvalue weighted by atomic mass is 10.0. The molecule has 1 N–H and O–H groups in total. The normalized spacial score (nSPS) is 19.4. The maximum absolute atomic E-state index is 12.4. The maximum Gasteiger partial charge on any atom is 0.251 e. The van der Waals surface area contributed by atoms with Crippen molar-refractivity contribution in [3.63, 3.8) is 0 Å². The summed E-state index contributed by atoms with van der Waals surface area (Å²) in [5.41, 5.74) is 3.74. The number of aryl methyl sites for hydroxylation is 1. The molecule has 1 amide bonds. The van der Waals surface area contributed by atoms with Gasteiger partial charge in [-0.25, -0.2) is 8.42 Å². The first kappa shape index (κ1) is 15.7. The minimum atomic E-state index is -2.99. The van der Waals surface area contributed by atoms with Gasteiger partial charge in [-0.3, -0.25) is 4.79 Å². The molecule has 5 heteroatoms. The first-order chi connectivity index (χ1) is 10.9. The maximum atomic E-state index is 12.4. The van der Waals surface area contributed by atoms with E-state index < -0.39 is 9.84 Å². The topological polar surface area (TPSA) is 63.2 Å². The highest BCUT2D eigenvalue weighted by molar-refractivity contribution is 7.91. The zero-order valence-electron chi connectivity index (χ0n) is 13.0. The molecule has 120 valence electrons. The molecule has 0 spiro atoms. The number of hydrogen-bond donors (Lipinski definition) is 1. The highest BCUT2D eigenvalue weighted by Gasteiger charge is 2.29. The highest BCUT2D eigenvalue weighted by atomic mass is 32.2. The summed E-state index contributed by atoms with van der Waals surface area (Å²) < 4.78 is 23.0. The SMILES string of the molecule is Cc1cccc(-c2cccc(C(=O)N[C@H]3CCS(=O)(=O)C3)c2)c1. The van der Waals surface area contributed by atoms with Crippen LogP contribution < -0.4 is 5.32 Å². The molecule has 0 radical (unpaired) electrons. The fourth-order valence-electron chi connectivity index (χ4n) is 2.84. The van der Waals surface area contributed by atoms with E-state index in [1.165, 1.54) is 0 Å². The fraction of sp³-hybridized carbons (Fsp3) is 0.278. The van der Waals surface area contributed by atoms with Crippen LogP contribution in [0.25, 0.3) is 11.1 Å². The van der Waals surface area contributed by atoms with E-state index in [4.69, 9.17) is 0 Å². The van der Waals surface area contributed by atoms with Gasteiger partial charge in [-0.15, -0.1) is 0 Å². The Morgan fingerprint density at radius 3 is 2.43 bits per heavy atom. The number of carbonyl (C=O) groups is 1. The standard InChI is InChI=1S/C18H19NO3S/c1-13-4-2-5-14(10-13)15-6-3-7-16(11-15)18(20)19-17-8-9-23(21,22)12-17/h2-7,10-11,17H,8-9,12H2,1H3,(H,19,20)/t17-/m0/s1. The van der Waals surface area contributed by atoms with E-state index in [9.17, 15) is 13.2 Å². The van der Waals surface area contributed by atoms with Gasteiger partial charge in [-0.05, 0) is 36.6 Å². The van der Waals surface area contributed by atoms with Crippen molar-refractivity contribution < 1.29 is 13.2 Å². The lowest BCUT2D eigenvalue weighted by Crippen LogP contribution is -2.35. The zero-order chi connectivity index (χ0) is 16.4. The second-order valence-corrected chi connectivity index (χ2v) is 8.25. The summed E-state index contributed by atoms with van der Waals surface area (Å²) in [4.78, 5) is 12.4. The smallest absolute Gasteiger partial charge is 0.251 e. The molecule has 1 heterocycles. The van der Waals surface area contributed by atoms with Crippen LogP contribution >= 0.6 is 0 Å². The van der Waals surface area contributed by atoms with Gasteiger partial charge in [0.2, 0.25) is 0 Å². The van der Waals surface area contributed by atoms with Gasteiger partial charge in [0, 0.05) is 11.6 Å². The lowest BCUT2D eigenvalue weighted by Gasteiger charge is -2.12. The van der Waals surface area contributed by atoms with Crippen LogP contribution in [0.1, 0.15) is 22.3 Å². The van der Waals surface area contributed by atoms with Crippen LogP contribution in [-0.4, -0.2) is 31.9 Å². The summed E-state index contributed by atoms with van der Waals surface area (Å²) >= 11 is 0. The lowest BCUT2D eigenvalue weighted by molar-refractivity contribution is 0.0941. The molecule has 1 aliphatic rings. The predicted molar refractivity (Wildman–Crippen MR) is 91.1 cm³/mol. The monoisotopic (exact) mass is 329 g/mol. The second kappa shape index (κ2) is 6.16. The van der Waals surface area contributed by atoms with Crippen molar-refractivity contribution in [2.75, 3.05) is 11.5 Å². The summed E-state index contributed by atoms with van der Waals surface area (Å²) in [7, 11) is -2.99. The first-order valence-electron chi connectivity index (χ1n) is 7.61. The molecule has 2 aromatic rings. The molecule has 1 aliphatic heterocycles. The Morgan fingerprint density at radius 2 is 1.78 bits per heavy atom. The van der Waals surface area contributed by atoms with E-state index in [0.29, 0.717) is 12.0 Å². The third kappa shape index (κ3) is 3.79. The minimum absolute atomic E-state index is 0.0380. The number of benzene rings is 2. The summed E-state index contributed by atoms with van der Waals surface area (Å²) in [6.45, 7) is 2.03. The van der Waals surface area contributed by atoms with E-state index in [1.54, 1.807) is 6.07 Å². The fourth-order valence-corrected chi connectivity index (χ4v) is 4.52. The van der Waals surface area contributed by atoms with Crippen LogP contribution in [0.15, 0.2) is 48.5 Å². The third-order valence-electron chi connectivity index (χ3n) is 4.04. The van der Waals surface area contributed by atoms with Crippen LogP contribution in [0.5, 0.6) is 0 Å². The van der Waals surface area contributed by atoms with Crippen molar-refractivity contribution in [2.45, 2.75) is 19.4 Å². The first-order valence-corrected chi connectivity index (χ1v) is 9.43. The number of amides is 1. The molecule has 3 rings (SSSR count). The Kier molecular flexibility index (Phi) is 4.22. The van der Waals surface area contributed by atoms with Gasteiger partial charge in [0.15, 0.2) is 9.84 Å². The average molecular weight is 329 g/mol. The van der Waals surface area contributed by atoms with Crippen molar-refractivity contribution in [1.29, 1.82) is 0 Å². The molecule has 4 nitrogen and oxygen atoms in total. The Hall–Kier alpha value is -2.14. The van der Waals surface area contributed by atoms with E-state index in [2.05, 4.69) is 11.4 Å². The predicted octanol–water partition coefficient (Wildman–Crippen LogP) is 2.58. The number of nitrogens with one attached hydrogen (secondary N) is 1. The van der Waals surface area contributed by atoms with Crippen LogP contribution in [0.4, 0.5) is 0 Å². The van der Waals surface area contributed by atoms with Crippen molar-refractivity contribution in [3.8, 4) is 11.1 Å². The summed E-state index contributed by atoms with van der Waals surface area (Å²) in [5.74, 6) is -0.0287. The van der Waals surface area contributed by atoms with Gasteiger partial charge in [-0.1, -0.05) is 42.0 Å². The van der Waals surface area contributed by atoms with Gasteiger partial charge in [-0.2, -0.15) is 0 Å².